The molecule has 0 fully saturated rings. The molecule has 3 nitrogen and oxygen atoms in total. The van der Waals surface area contributed by atoms with Gasteiger partial charge in [-0.3, -0.25) is 4.57 Å². The molecule has 0 aliphatic heterocycles. The minimum Gasteiger partial charge on any atom is -0.389 e. The second kappa shape index (κ2) is 4.93. The van der Waals surface area contributed by atoms with Crippen molar-refractivity contribution >= 4 is 28.2 Å². The van der Waals surface area contributed by atoms with Crippen molar-refractivity contribution in [2.45, 2.75) is 13.8 Å². The number of imidazole rings is 1. The number of rotatable bonds is 2. The number of benzene rings is 2. The van der Waals surface area contributed by atoms with Gasteiger partial charge in [0, 0.05) is 5.56 Å². The van der Waals surface area contributed by atoms with E-state index >= 15 is 0 Å². The molecule has 21 heavy (non-hydrogen) atoms. The smallest absolute Gasteiger partial charge is 0.147 e. The summed E-state index contributed by atoms with van der Waals surface area (Å²) < 4.78 is 16.1. The third kappa shape index (κ3) is 2.29. The second-order valence-corrected chi connectivity index (χ2v) is 5.51. The molecular weight excluding hydrogens is 285 g/mol. The summed E-state index contributed by atoms with van der Waals surface area (Å²) in [6.07, 6.45) is 1.63. The summed E-state index contributed by atoms with van der Waals surface area (Å²) in [4.78, 5) is 4.52. The molecule has 0 amide bonds. The molecule has 0 unspecified atom stereocenters. The zero-order valence-electron chi connectivity index (χ0n) is 11.7. The van der Waals surface area contributed by atoms with E-state index < -0.39 is 0 Å². The molecule has 0 aliphatic carbocycles. The van der Waals surface area contributed by atoms with E-state index in [0.717, 1.165) is 22.2 Å². The number of halogens is 1. The minimum atomic E-state index is -0.377. The summed E-state index contributed by atoms with van der Waals surface area (Å²) in [5.74, 6) is -0.377. The Morgan fingerprint density at radius 3 is 2.57 bits per heavy atom. The van der Waals surface area contributed by atoms with Crippen molar-refractivity contribution in [3.8, 4) is 5.69 Å². The Hall–Kier alpha value is -2.27. The number of thiocarbonyl (C=S) groups is 1. The normalized spacial score (nSPS) is 11.0. The molecule has 0 atom stereocenters. The molecule has 3 rings (SSSR count). The number of hydrogen-bond donors (Lipinski definition) is 1. The van der Waals surface area contributed by atoms with Crippen molar-refractivity contribution in [2.24, 2.45) is 5.73 Å². The summed E-state index contributed by atoms with van der Waals surface area (Å²) in [5.41, 5.74) is 10.5. The average molecular weight is 299 g/mol. The average Bonchev–Trinajstić information content (AvgIpc) is 2.82. The van der Waals surface area contributed by atoms with Crippen LogP contribution in [0.3, 0.4) is 0 Å². The maximum atomic E-state index is 14.3. The Morgan fingerprint density at radius 1 is 1.19 bits per heavy atom. The van der Waals surface area contributed by atoms with Gasteiger partial charge in [0.15, 0.2) is 0 Å². The number of nitrogens with two attached hydrogens (primary N) is 1. The summed E-state index contributed by atoms with van der Waals surface area (Å²) >= 11 is 4.87. The molecule has 2 N–H and O–H groups in total. The highest BCUT2D eigenvalue weighted by molar-refractivity contribution is 7.80. The van der Waals surface area contributed by atoms with Gasteiger partial charge in [-0.25, -0.2) is 9.37 Å². The summed E-state index contributed by atoms with van der Waals surface area (Å²) in [6.45, 7) is 4.06. The van der Waals surface area contributed by atoms with Gasteiger partial charge in [0.2, 0.25) is 0 Å². The Morgan fingerprint density at radius 2 is 1.90 bits per heavy atom. The molecular formula is C16H14FN3S. The number of nitrogens with zero attached hydrogens (tertiary/aromatic N) is 2. The maximum Gasteiger partial charge on any atom is 0.147 e. The van der Waals surface area contributed by atoms with Crippen molar-refractivity contribution < 1.29 is 4.39 Å². The van der Waals surface area contributed by atoms with Crippen LogP contribution in [0.4, 0.5) is 4.39 Å². The van der Waals surface area contributed by atoms with Crippen LogP contribution in [0.15, 0.2) is 36.7 Å². The van der Waals surface area contributed by atoms with Gasteiger partial charge in [0.1, 0.15) is 17.1 Å². The highest BCUT2D eigenvalue weighted by Gasteiger charge is 2.11. The first-order valence-corrected chi connectivity index (χ1v) is 6.92. The van der Waals surface area contributed by atoms with Crippen LogP contribution in [0.5, 0.6) is 0 Å². The first-order valence-electron chi connectivity index (χ1n) is 6.51. The van der Waals surface area contributed by atoms with Crippen LogP contribution < -0.4 is 5.73 Å². The standard InChI is InChI=1S/C16H14FN3S/c1-9-5-13-15(6-10(9)2)20(8-19-13)14-4-3-11(16(18)21)7-12(14)17/h3-8H,1-2H3,(H2,18,21). The molecule has 5 heteroatoms. The molecule has 0 bridgehead atoms. The van der Waals surface area contributed by atoms with E-state index in [0.29, 0.717) is 11.3 Å². The number of aromatic nitrogens is 2. The summed E-state index contributed by atoms with van der Waals surface area (Å²) in [6, 6.07) is 8.75. The minimum absolute atomic E-state index is 0.183. The largest absolute Gasteiger partial charge is 0.389 e. The van der Waals surface area contributed by atoms with E-state index in [2.05, 4.69) is 4.98 Å². The molecule has 0 saturated carbocycles. The van der Waals surface area contributed by atoms with Gasteiger partial charge in [-0.15, -0.1) is 0 Å². The first-order chi connectivity index (χ1) is 9.97. The maximum absolute atomic E-state index is 14.3. The van der Waals surface area contributed by atoms with Gasteiger partial charge in [0.25, 0.3) is 0 Å². The third-order valence-electron chi connectivity index (χ3n) is 3.65. The quantitative estimate of drug-likeness (QED) is 0.737. The Labute approximate surface area is 127 Å². The molecule has 1 heterocycles. The van der Waals surface area contributed by atoms with Crippen LogP contribution in [-0.2, 0) is 0 Å². The van der Waals surface area contributed by atoms with Gasteiger partial charge in [-0.1, -0.05) is 12.2 Å². The lowest BCUT2D eigenvalue weighted by Crippen LogP contribution is -2.10. The van der Waals surface area contributed by atoms with Gasteiger partial charge in [-0.2, -0.15) is 0 Å². The van der Waals surface area contributed by atoms with Crippen LogP contribution in [0.2, 0.25) is 0 Å². The van der Waals surface area contributed by atoms with Crippen molar-refractivity contribution in [2.75, 3.05) is 0 Å². The highest BCUT2D eigenvalue weighted by atomic mass is 32.1. The fourth-order valence-electron chi connectivity index (χ4n) is 2.31. The lowest BCUT2D eigenvalue weighted by Gasteiger charge is -2.08. The van der Waals surface area contributed by atoms with Crippen LogP contribution in [0.1, 0.15) is 16.7 Å². The zero-order chi connectivity index (χ0) is 15.1. The number of aryl methyl sites for hydroxylation is 2. The first kappa shape index (κ1) is 13.7. The van der Waals surface area contributed by atoms with Crippen molar-refractivity contribution in [1.82, 2.24) is 9.55 Å². The van der Waals surface area contributed by atoms with Gasteiger partial charge < -0.3 is 5.73 Å². The van der Waals surface area contributed by atoms with Gasteiger partial charge in [0.05, 0.1) is 16.7 Å². The predicted molar refractivity (Wildman–Crippen MR) is 86.4 cm³/mol. The van der Waals surface area contributed by atoms with E-state index in [4.69, 9.17) is 18.0 Å². The van der Waals surface area contributed by atoms with E-state index in [1.807, 2.05) is 26.0 Å². The number of hydrogen-bond acceptors (Lipinski definition) is 2. The van der Waals surface area contributed by atoms with E-state index in [9.17, 15) is 4.39 Å². The topological polar surface area (TPSA) is 43.8 Å². The lowest BCUT2D eigenvalue weighted by molar-refractivity contribution is 0.619. The van der Waals surface area contributed by atoms with E-state index in [1.165, 1.54) is 6.07 Å². The van der Waals surface area contributed by atoms with Crippen LogP contribution >= 0.6 is 12.2 Å². The highest BCUT2D eigenvalue weighted by Crippen LogP contribution is 2.23. The van der Waals surface area contributed by atoms with Crippen LogP contribution in [0.25, 0.3) is 16.7 Å². The summed E-state index contributed by atoms with van der Waals surface area (Å²) in [5, 5.41) is 0. The van der Waals surface area contributed by atoms with Crippen molar-refractivity contribution in [1.29, 1.82) is 0 Å². The Kier molecular flexibility index (Phi) is 3.22. The fraction of sp³-hybridized carbons (Fsp3) is 0.125. The van der Waals surface area contributed by atoms with Crippen LogP contribution in [0, 0.1) is 19.7 Å². The monoisotopic (exact) mass is 299 g/mol. The van der Waals surface area contributed by atoms with Gasteiger partial charge >= 0.3 is 0 Å². The molecule has 3 aromatic rings. The van der Waals surface area contributed by atoms with Crippen molar-refractivity contribution in [3.63, 3.8) is 0 Å². The molecule has 106 valence electrons. The molecule has 0 saturated heterocycles. The zero-order valence-corrected chi connectivity index (χ0v) is 12.5. The molecule has 2 aromatic carbocycles. The Balaban J connectivity index is 2.21. The number of fused-ring (bicyclic) bond motifs is 1. The van der Waals surface area contributed by atoms with E-state index in [-0.39, 0.29) is 10.8 Å². The lowest BCUT2D eigenvalue weighted by atomic mass is 10.1. The van der Waals surface area contributed by atoms with Crippen LogP contribution in [-0.4, -0.2) is 14.5 Å². The fourth-order valence-corrected chi connectivity index (χ4v) is 2.44. The molecule has 1 aromatic heterocycles. The predicted octanol–water partition coefficient (Wildman–Crippen LogP) is 3.42. The third-order valence-corrected chi connectivity index (χ3v) is 3.89. The van der Waals surface area contributed by atoms with Gasteiger partial charge in [-0.05, 0) is 55.3 Å². The second-order valence-electron chi connectivity index (χ2n) is 5.07. The SMILES string of the molecule is Cc1cc2ncn(-c3ccc(C(N)=S)cc3F)c2cc1C. The van der Waals surface area contributed by atoms with Crippen molar-refractivity contribution in [3.05, 3.63) is 59.2 Å². The molecule has 0 radical (unpaired) electrons. The molecule has 0 aliphatic rings. The Bertz CT molecular complexity index is 867. The molecule has 0 spiro atoms. The van der Waals surface area contributed by atoms with E-state index in [1.54, 1.807) is 23.0 Å². The summed E-state index contributed by atoms with van der Waals surface area (Å²) in [7, 11) is 0.